The Bertz CT molecular complexity index is 579. The van der Waals surface area contributed by atoms with Gasteiger partial charge in [0.05, 0.1) is 5.71 Å². The average molecular weight is 290 g/mol. The molecule has 108 valence electrons. The molecule has 0 atom stereocenters. The van der Waals surface area contributed by atoms with E-state index in [0.29, 0.717) is 6.04 Å². The van der Waals surface area contributed by atoms with Gasteiger partial charge in [0.1, 0.15) is 0 Å². The van der Waals surface area contributed by atoms with E-state index >= 15 is 0 Å². The second kappa shape index (κ2) is 5.28. The van der Waals surface area contributed by atoms with E-state index in [4.69, 9.17) is 0 Å². The van der Waals surface area contributed by atoms with Crippen molar-refractivity contribution in [3.63, 3.8) is 0 Å². The number of thioether (sulfide) groups is 1. The van der Waals surface area contributed by atoms with Crippen LogP contribution in [0.1, 0.15) is 49.7 Å². The van der Waals surface area contributed by atoms with Crippen LogP contribution in [0.25, 0.3) is 0 Å². The predicted molar refractivity (Wildman–Crippen MR) is 86.9 cm³/mol. The lowest BCUT2D eigenvalue weighted by Gasteiger charge is -2.16. The Balaban J connectivity index is 1.84. The van der Waals surface area contributed by atoms with Crippen LogP contribution < -0.4 is 5.43 Å². The van der Waals surface area contributed by atoms with Crippen molar-refractivity contribution >= 4 is 22.6 Å². The van der Waals surface area contributed by atoms with Crippen molar-refractivity contribution < 1.29 is 0 Å². The molecular formula is C15H22N4S. The summed E-state index contributed by atoms with van der Waals surface area (Å²) in [4.78, 5) is 4.50. The van der Waals surface area contributed by atoms with E-state index in [-0.39, 0.29) is 0 Å². The van der Waals surface area contributed by atoms with Crippen molar-refractivity contribution in [2.75, 3.05) is 5.75 Å². The molecule has 0 unspecified atom stereocenters. The first kappa shape index (κ1) is 13.7. The van der Waals surface area contributed by atoms with Gasteiger partial charge in [-0.05, 0) is 46.6 Å². The molecule has 0 bridgehead atoms. The van der Waals surface area contributed by atoms with Gasteiger partial charge in [-0.25, -0.2) is 0 Å². The normalized spacial score (nSPS) is 21.2. The summed E-state index contributed by atoms with van der Waals surface area (Å²) >= 11 is 1.74. The van der Waals surface area contributed by atoms with Gasteiger partial charge in [0.2, 0.25) is 0 Å². The Morgan fingerprint density at radius 1 is 1.40 bits per heavy atom. The van der Waals surface area contributed by atoms with Crippen molar-refractivity contribution in [2.24, 2.45) is 10.1 Å². The fraction of sp³-hybridized carbons (Fsp3) is 0.600. The monoisotopic (exact) mass is 290 g/mol. The zero-order valence-electron chi connectivity index (χ0n) is 12.6. The van der Waals surface area contributed by atoms with E-state index in [1.165, 1.54) is 29.8 Å². The van der Waals surface area contributed by atoms with Gasteiger partial charge in [0.15, 0.2) is 5.17 Å². The van der Waals surface area contributed by atoms with Gasteiger partial charge in [-0.3, -0.25) is 10.4 Å². The average Bonchev–Trinajstić information content (AvgIpc) is 3.17. The molecule has 3 rings (SSSR count). The molecule has 1 aromatic rings. The number of nitrogens with zero attached hydrogens (tertiary/aromatic N) is 3. The highest BCUT2D eigenvalue weighted by Gasteiger charge is 2.28. The summed E-state index contributed by atoms with van der Waals surface area (Å²) in [6, 6.07) is 3.31. The third-order valence-corrected chi connectivity index (χ3v) is 4.60. The lowest BCUT2D eigenvalue weighted by Crippen LogP contribution is -2.26. The maximum absolute atomic E-state index is 4.53. The van der Waals surface area contributed by atoms with Crippen LogP contribution in [0.2, 0.25) is 0 Å². The van der Waals surface area contributed by atoms with Crippen LogP contribution in [0.4, 0.5) is 0 Å². The van der Waals surface area contributed by atoms with E-state index in [2.05, 4.69) is 53.8 Å². The molecule has 5 heteroatoms. The number of hydrazone groups is 1. The number of nitrogens with one attached hydrogen (secondary N) is 1. The quantitative estimate of drug-likeness (QED) is 0.928. The molecule has 1 saturated carbocycles. The second-order valence-electron chi connectivity index (χ2n) is 5.87. The van der Waals surface area contributed by atoms with E-state index in [0.717, 1.165) is 22.7 Å². The third-order valence-electron chi connectivity index (χ3n) is 3.71. The summed E-state index contributed by atoms with van der Waals surface area (Å²) in [5.41, 5.74) is 8.23. The molecule has 0 saturated heterocycles. The topological polar surface area (TPSA) is 41.7 Å². The fourth-order valence-electron chi connectivity index (χ4n) is 2.72. The Morgan fingerprint density at radius 2 is 2.15 bits per heavy atom. The highest BCUT2D eigenvalue weighted by molar-refractivity contribution is 8.14. The number of aliphatic imine (C=N–C) groups is 1. The molecule has 0 aromatic carbocycles. The van der Waals surface area contributed by atoms with Crippen LogP contribution in [-0.2, 0) is 0 Å². The van der Waals surface area contributed by atoms with Gasteiger partial charge >= 0.3 is 0 Å². The standard InChI is InChI=1S/C15H22N4S/c1-9(2)16-15-18-17-14(8-20-15)13-7-10(3)19(11(13)4)12-5-6-12/h7,9,12H,5-6,8H2,1-4H3,(H,16,18). The summed E-state index contributed by atoms with van der Waals surface area (Å²) in [6.07, 6.45) is 2.64. The Hall–Kier alpha value is -1.23. The van der Waals surface area contributed by atoms with Crippen LogP contribution in [0.15, 0.2) is 16.2 Å². The first-order valence-electron chi connectivity index (χ1n) is 7.28. The number of hydrogen-bond acceptors (Lipinski definition) is 3. The largest absolute Gasteiger partial charge is 0.345 e. The van der Waals surface area contributed by atoms with Gasteiger partial charge < -0.3 is 4.57 Å². The van der Waals surface area contributed by atoms with Crippen LogP contribution in [0, 0.1) is 13.8 Å². The minimum Gasteiger partial charge on any atom is -0.345 e. The van der Waals surface area contributed by atoms with E-state index < -0.39 is 0 Å². The number of rotatable bonds is 3. The van der Waals surface area contributed by atoms with Gasteiger partial charge in [0.25, 0.3) is 0 Å². The molecule has 1 fully saturated rings. The number of hydrogen-bond donors (Lipinski definition) is 1. The molecule has 1 aliphatic heterocycles. The Labute approximate surface area is 124 Å². The number of aromatic nitrogens is 1. The van der Waals surface area contributed by atoms with Crippen molar-refractivity contribution in [3.05, 3.63) is 23.0 Å². The lowest BCUT2D eigenvalue weighted by molar-refractivity contribution is 0.699. The fourth-order valence-corrected chi connectivity index (χ4v) is 3.61. The van der Waals surface area contributed by atoms with Gasteiger partial charge in [-0.1, -0.05) is 11.8 Å². The molecular weight excluding hydrogens is 268 g/mol. The Morgan fingerprint density at radius 3 is 2.70 bits per heavy atom. The zero-order chi connectivity index (χ0) is 14.3. The van der Waals surface area contributed by atoms with Gasteiger partial charge in [0, 0.05) is 34.8 Å². The van der Waals surface area contributed by atoms with Crippen LogP contribution >= 0.6 is 11.8 Å². The smallest absolute Gasteiger partial charge is 0.177 e. The van der Waals surface area contributed by atoms with E-state index in [1.54, 1.807) is 11.8 Å². The van der Waals surface area contributed by atoms with Crippen molar-refractivity contribution in [1.29, 1.82) is 0 Å². The molecule has 2 heterocycles. The van der Waals surface area contributed by atoms with Crippen LogP contribution in [-0.4, -0.2) is 27.2 Å². The summed E-state index contributed by atoms with van der Waals surface area (Å²) in [6.45, 7) is 8.57. The van der Waals surface area contributed by atoms with Crippen molar-refractivity contribution in [3.8, 4) is 0 Å². The summed E-state index contributed by atoms with van der Waals surface area (Å²) in [7, 11) is 0. The van der Waals surface area contributed by atoms with E-state index in [1.807, 2.05) is 0 Å². The molecule has 20 heavy (non-hydrogen) atoms. The molecule has 4 nitrogen and oxygen atoms in total. The molecule has 1 aliphatic carbocycles. The summed E-state index contributed by atoms with van der Waals surface area (Å²) in [5, 5.41) is 5.46. The predicted octanol–water partition coefficient (Wildman–Crippen LogP) is 3.24. The number of amidine groups is 1. The Kier molecular flexibility index (Phi) is 3.63. The molecule has 0 amide bonds. The van der Waals surface area contributed by atoms with Crippen molar-refractivity contribution in [1.82, 2.24) is 9.99 Å². The molecule has 0 radical (unpaired) electrons. The lowest BCUT2D eigenvalue weighted by atomic mass is 10.1. The van der Waals surface area contributed by atoms with Crippen LogP contribution in [0.5, 0.6) is 0 Å². The maximum Gasteiger partial charge on any atom is 0.177 e. The van der Waals surface area contributed by atoms with Crippen LogP contribution in [0.3, 0.4) is 0 Å². The first-order valence-corrected chi connectivity index (χ1v) is 8.26. The molecule has 2 aliphatic rings. The second-order valence-corrected chi connectivity index (χ2v) is 6.84. The SMILES string of the molecule is Cc1cc(C2=NNC(=NC(C)C)SC2)c(C)n1C1CC1. The number of aryl methyl sites for hydroxylation is 1. The summed E-state index contributed by atoms with van der Waals surface area (Å²) in [5.74, 6) is 0.896. The first-order chi connectivity index (χ1) is 9.56. The van der Waals surface area contributed by atoms with Gasteiger partial charge in [-0.2, -0.15) is 5.10 Å². The third kappa shape index (κ3) is 2.64. The maximum atomic E-state index is 4.53. The highest BCUT2D eigenvalue weighted by Crippen LogP contribution is 2.38. The molecule has 1 N–H and O–H groups in total. The van der Waals surface area contributed by atoms with Gasteiger partial charge in [-0.15, -0.1) is 0 Å². The van der Waals surface area contributed by atoms with E-state index in [9.17, 15) is 0 Å². The zero-order valence-corrected chi connectivity index (χ0v) is 13.4. The molecule has 1 aromatic heterocycles. The summed E-state index contributed by atoms with van der Waals surface area (Å²) < 4.78 is 2.47. The molecule has 0 spiro atoms. The minimum atomic E-state index is 0.307. The van der Waals surface area contributed by atoms with Crippen molar-refractivity contribution in [2.45, 2.75) is 52.6 Å². The highest BCUT2D eigenvalue weighted by atomic mass is 32.2. The minimum absolute atomic E-state index is 0.307.